The molecule has 4 heteroatoms. The number of anilines is 3. The fraction of sp³-hybridized carbons (Fsp3) is 0.174. The van der Waals surface area contributed by atoms with Crippen LogP contribution in [0.2, 0.25) is 0 Å². The van der Waals surface area contributed by atoms with Crippen molar-refractivity contribution in [2.24, 2.45) is 0 Å². The van der Waals surface area contributed by atoms with Crippen molar-refractivity contribution in [1.82, 2.24) is 0 Å². The van der Waals surface area contributed by atoms with Crippen LogP contribution in [0.1, 0.15) is 28.4 Å². The van der Waals surface area contributed by atoms with E-state index in [9.17, 15) is 4.79 Å². The lowest BCUT2D eigenvalue weighted by molar-refractivity contribution is 0.0697. The van der Waals surface area contributed by atoms with Gasteiger partial charge in [-0.25, -0.2) is 4.79 Å². The molecule has 0 saturated heterocycles. The largest absolute Gasteiger partial charge is 0.478 e. The van der Waals surface area contributed by atoms with Crippen LogP contribution in [0.15, 0.2) is 72.8 Å². The van der Waals surface area contributed by atoms with Crippen molar-refractivity contribution in [1.29, 1.82) is 0 Å². The molecule has 0 saturated carbocycles. The zero-order valence-corrected chi connectivity index (χ0v) is 15.3. The third-order valence-corrected chi connectivity index (χ3v) is 5.05. The van der Waals surface area contributed by atoms with Gasteiger partial charge in [-0.05, 0) is 48.4 Å². The lowest BCUT2D eigenvalue weighted by Crippen LogP contribution is -2.21. The van der Waals surface area contributed by atoms with Gasteiger partial charge in [0.25, 0.3) is 0 Å². The van der Waals surface area contributed by atoms with Gasteiger partial charge in [0, 0.05) is 25.3 Å². The maximum Gasteiger partial charge on any atom is 0.335 e. The van der Waals surface area contributed by atoms with Crippen LogP contribution in [-0.4, -0.2) is 17.6 Å². The molecule has 136 valence electrons. The first-order chi connectivity index (χ1) is 13.2. The van der Waals surface area contributed by atoms with Crippen molar-refractivity contribution in [2.75, 3.05) is 16.3 Å². The Kier molecular flexibility index (Phi) is 4.55. The lowest BCUT2D eigenvalue weighted by Gasteiger charge is -2.27. The van der Waals surface area contributed by atoms with Gasteiger partial charge in [0.1, 0.15) is 0 Å². The molecule has 0 aromatic heterocycles. The minimum absolute atomic E-state index is 0.317. The van der Waals surface area contributed by atoms with Gasteiger partial charge in [-0.3, -0.25) is 0 Å². The Balaban J connectivity index is 1.75. The number of hydrogen-bond donors (Lipinski definition) is 1. The molecule has 0 radical (unpaired) electrons. The molecule has 1 heterocycles. The van der Waals surface area contributed by atoms with E-state index in [1.807, 2.05) is 12.1 Å². The summed E-state index contributed by atoms with van der Waals surface area (Å²) in [4.78, 5) is 15.8. The first-order valence-corrected chi connectivity index (χ1v) is 9.19. The molecular formula is C23H22N2O2. The van der Waals surface area contributed by atoms with Gasteiger partial charge in [0.2, 0.25) is 0 Å². The quantitative estimate of drug-likeness (QED) is 0.708. The molecule has 0 unspecified atom stereocenters. The van der Waals surface area contributed by atoms with Crippen molar-refractivity contribution in [2.45, 2.75) is 20.0 Å². The molecule has 0 atom stereocenters. The maximum absolute atomic E-state index is 11.1. The van der Waals surface area contributed by atoms with Crippen LogP contribution in [0.5, 0.6) is 0 Å². The predicted molar refractivity (Wildman–Crippen MR) is 109 cm³/mol. The van der Waals surface area contributed by atoms with Crippen LogP contribution in [0, 0.1) is 0 Å². The summed E-state index contributed by atoms with van der Waals surface area (Å²) in [5.74, 6) is -0.894. The highest BCUT2D eigenvalue weighted by Crippen LogP contribution is 2.40. The first-order valence-electron chi connectivity index (χ1n) is 9.19. The van der Waals surface area contributed by atoms with E-state index in [1.54, 1.807) is 12.1 Å². The minimum Gasteiger partial charge on any atom is -0.478 e. The normalized spacial score (nSPS) is 12.9. The van der Waals surface area contributed by atoms with Crippen LogP contribution in [0.3, 0.4) is 0 Å². The highest BCUT2D eigenvalue weighted by Gasteiger charge is 2.23. The van der Waals surface area contributed by atoms with E-state index in [-0.39, 0.29) is 0 Å². The lowest BCUT2D eigenvalue weighted by atomic mass is 10.1. The fourth-order valence-corrected chi connectivity index (χ4v) is 3.74. The zero-order valence-electron chi connectivity index (χ0n) is 15.3. The summed E-state index contributed by atoms with van der Waals surface area (Å²) in [6.07, 6.45) is 0. The number of fused-ring (bicyclic) bond motifs is 2. The van der Waals surface area contributed by atoms with Crippen LogP contribution in [0.25, 0.3) is 0 Å². The van der Waals surface area contributed by atoms with E-state index in [0.29, 0.717) is 5.56 Å². The molecular weight excluding hydrogens is 336 g/mol. The second-order valence-corrected chi connectivity index (χ2v) is 6.72. The molecule has 1 N–H and O–H groups in total. The minimum atomic E-state index is -0.894. The van der Waals surface area contributed by atoms with E-state index in [4.69, 9.17) is 5.11 Å². The van der Waals surface area contributed by atoms with Gasteiger partial charge in [0.05, 0.1) is 16.9 Å². The summed E-state index contributed by atoms with van der Waals surface area (Å²) >= 11 is 0. The summed E-state index contributed by atoms with van der Waals surface area (Å²) < 4.78 is 0. The van der Waals surface area contributed by atoms with Crippen molar-refractivity contribution in [3.8, 4) is 0 Å². The van der Waals surface area contributed by atoms with Crippen molar-refractivity contribution in [3.05, 3.63) is 89.5 Å². The van der Waals surface area contributed by atoms with Crippen molar-refractivity contribution < 1.29 is 9.90 Å². The number of para-hydroxylation sites is 3. The Morgan fingerprint density at radius 1 is 0.889 bits per heavy atom. The monoisotopic (exact) mass is 358 g/mol. The summed E-state index contributed by atoms with van der Waals surface area (Å²) in [5, 5.41) is 9.11. The second-order valence-electron chi connectivity index (χ2n) is 6.72. The van der Waals surface area contributed by atoms with Crippen LogP contribution >= 0.6 is 0 Å². The maximum atomic E-state index is 11.1. The number of carboxylic acids is 1. The highest BCUT2D eigenvalue weighted by atomic mass is 16.4. The topological polar surface area (TPSA) is 43.8 Å². The SMILES string of the molecule is CCN1c2ccccc2CN(Cc2ccc(C(=O)O)cc2)c2ccccc21. The van der Waals surface area contributed by atoms with Gasteiger partial charge in [-0.15, -0.1) is 0 Å². The molecule has 4 rings (SSSR count). The van der Waals surface area contributed by atoms with Crippen LogP contribution in [0.4, 0.5) is 17.1 Å². The van der Waals surface area contributed by atoms with E-state index in [1.165, 1.54) is 22.6 Å². The average molecular weight is 358 g/mol. The molecule has 1 aliphatic heterocycles. The molecule has 0 fully saturated rings. The Morgan fingerprint density at radius 2 is 1.52 bits per heavy atom. The molecule has 3 aromatic rings. The van der Waals surface area contributed by atoms with Crippen LogP contribution < -0.4 is 9.80 Å². The Labute approximate surface area is 159 Å². The third-order valence-electron chi connectivity index (χ3n) is 5.05. The van der Waals surface area contributed by atoms with Gasteiger partial charge in [-0.1, -0.05) is 42.5 Å². The van der Waals surface area contributed by atoms with Crippen LogP contribution in [-0.2, 0) is 13.1 Å². The number of aromatic carboxylic acids is 1. The van der Waals surface area contributed by atoms with Crippen molar-refractivity contribution >= 4 is 23.0 Å². The molecule has 0 bridgehead atoms. The van der Waals surface area contributed by atoms with Gasteiger partial charge >= 0.3 is 5.97 Å². The Bertz CT molecular complexity index is 966. The number of benzene rings is 3. The van der Waals surface area contributed by atoms with E-state index in [0.717, 1.165) is 25.2 Å². The van der Waals surface area contributed by atoms with Gasteiger partial charge in [-0.2, -0.15) is 0 Å². The number of carboxylic acid groups (broad SMARTS) is 1. The molecule has 4 nitrogen and oxygen atoms in total. The molecule has 3 aromatic carbocycles. The van der Waals surface area contributed by atoms with Crippen molar-refractivity contribution in [3.63, 3.8) is 0 Å². The molecule has 0 aliphatic carbocycles. The zero-order chi connectivity index (χ0) is 18.8. The summed E-state index contributed by atoms with van der Waals surface area (Å²) in [6, 6.07) is 24.2. The Morgan fingerprint density at radius 3 is 2.19 bits per heavy atom. The Hall–Kier alpha value is -3.27. The highest BCUT2D eigenvalue weighted by molar-refractivity contribution is 5.87. The van der Waals surface area contributed by atoms with Gasteiger partial charge < -0.3 is 14.9 Å². The fourth-order valence-electron chi connectivity index (χ4n) is 3.74. The number of carbonyl (C=O) groups is 1. The third kappa shape index (κ3) is 3.26. The van der Waals surface area contributed by atoms with E-state index >= 15 is 0 Å². The second kappa shape index (κ2) is 7.16. The molecule has 0 amide bonds. The van der Waals surface area contributed by atoms with E-state index in [2.05, 4.69) is 65.3 Å². The van der Waals surface area contributed by atoms with Gasteiger partial charge in [0.15, 0.2) is 0 Å². The molecule has 1 aliphatic rings. The molecule has 0 spiro atoms. The standard InChI is InChI=1S/C23H22N2O2/c1-2-25-20-8-4-3-7-19(20)16-24(21-9-5-6-10-22(21)25)15-17-11-13-18(14-12-17)23(26)27/h3-14H,2,15-16H2,1H3,(H,26,27). The smallest absolute Gasteiger partial charge is 0.335 e. The first kappa shape index (κ1) is 17.2. The number of rotatable bonds is 4. The number of nitrogens with zero attached hydrogens (tertiary/aromatic N) is 2. The summed E-state index contributed by atoms with van der Waals surface area (Å²) in [5.41, 5.74) is 6.34. The molecule has 27 heavy (non-hydrogen) atoms. The summed E-state index contributed by atoms with van der Waals surface area (Å²) in [6.45, 7) is 4.61. The van der Waals surface area contributed by atoms with E-state index < -0.39 is 5.97 Å². The predicted octanol–water partition coefficient (Wildman–Crippen LogP) is 5.06. The summed E-state index contributed by atoms with van der Waals surface area (Å²) in [7, 11) is 0. The average Bonchev–Trinajstić information content (AvgIpc) is 2.82. The number of hydrogen-bond acceptors (Lipinski definition) is 3.